The Hall–Kier alpha value is -1.57. The number of thioether (sulfide) groups is 2. The van der Waals surface area contributed by atoms with Gasteiger partial charge in [-0.2, -0.15) is 0 Å². The van der Waals surface area contributed by atoms with E-state index in [0.717, 1.165) is 21.0 Å². The first kappa shape index (κ1) is 17.3. The van der Waals surface area contributed by atoms with Crippen LogP contribution in [0.4, 0.5) is 0 Å². The molecule has 0 saturated heterocycles. The van der Waals surface area contributed by atoms with Crippen LogP contribution in [0, 0.1) is 6.92 Å². The van der Waals surface area contributed by atoms with E-state index in [1.807, 2.05) is 11.4 Å². The van der Waals surface area contributed by atoms with Crippen LogP contribution in [0.25, 0.3) is 10.2 Å². The molecule has 1 N–H and O–H groups in total. The Morgan fingerprint density at radius 1 is 1.17 bits per heavy atom. The van der Waals surface area contributed by atoms with E-state index in [0.29, 0.717) is 12.3 Å². The number of fused-ring (bicyclic) bond motifs is 1. The predicted octanol–water partition coefficient (Wildman–Crippen LogP) is 4.00. The Bertz CT molecular complexity index is 817. The van der Waals surface area contributed by atoms with Gasteiger partial charge in [-0.05, 0) is 30.5 Å². The highest BCUT2D eigenvalue weighted by Gasteiger charge is 2.08. The highest BCUT2D eigenvalue weighted by Crippen LogP contribution is 2.28. The topological polar surface area (TPSA) is 54.9 Å². The zero-order valence-corrected chi connectivity index (χ0v) is 15.6. The third kappa shape index (κ3) is 4.72. The fraction of sp³-hybridized carbons (Fsp3) is 0.235. The number of nitrogens with one attached hydrogen (secondary N) is 1. The van der Waals surface area contributed by atoms with Gasteiger partial charge in [0.2, 0.25) is 5.91 Å². The van der Waals surface area contributed by atoms with Crippen molar-refractivity contribution in [2.24, 2.45) is 0 Å². The second-order valence-electron chi connectivity index (χ2n) is 5.11. The molecule has 0 radical (unpaired) electrons. The highest BCUT2D eigenvalue weighted by atomic mass is 32.2. The molecule has 4 nitrogen and oxygen atoms in total. The van der Waals surface area contributed by atoms with Crippen molar-refractivity contribution in [3.63, 3.8) is 0 Å². The number of aryl methyl sites for hydroxylation is 1. The van der Waals surface area contributed by atoms with E-state index in [-0.39, 0.29) is 5.91 Å². The molecule has 3 aromatic rings. The summed E-state index contributed by atoms with van der Waals surface area (Å²) in [4.78, 5) is 21.7. The largest absolute Gasteiger partial charge is 0.355 e. The van der Waals surface area contributed by atoms with Crippen molar-refractivity contribution < 1.29 is 4.79 Å². The van der Waals surface area contributed by atoms with E-state index < -0.39 is 0 Å². The second-order valence-corrected chi connectivity index (χ2v) is 8.16. The number of hydrogen-bond acceptors (Lipinski definition) is 6. The van der Waals surface area contributed by atoms with Crippen molar-refractivity contribution in [2.45, 2.75) is 16.8 Å². The van der Waals surface area contributed by atoms with Gasteiger partial charge in [0.05, 0.1) is 16.0 Å². The number of amides is 1. The van der Waals surface area contributed by atoms with Crippen LogP contribution in [0.3, 0.4) is 0 Å². The third-order valence-corrected chi connectivity index (χ3v) is 6.31. The van der Waals surface area contributed by atoms with Crippen LogP contribution < -0.4 is 5.32 Å². The van der Waals surface area contributed by atoms with E-state index in [1.54, 1.807) is 29.4 Å². The molecule has 0 bridgehead atoms. The zero-order valence-electron chi connectivity index (χ0n) is 13.2. The molecule has 0 fully saturated rings. The molecule has 7 heteroatoms. The first-order valence-corrected chi connectivity index (χ1v) is 10.3. The van der Waals surface area contributed by atoms with Gasteiger partial charge < -0.3 is 5.32 Å². The van der Waals surface area contributed by atoms with Gasteiger partial charge in [-0.25, -0.2) is 9.97 Å². The highest BCUT2D eigenvalue weighted by molar-refractivity contribution is 8.00. The van der Waals surface area contributed by atoms with E-state index >= 15 is 0 Å². The molecule has 0 saturated carbocycles. The standard InChI is InChI=1S/C17H17N3OS3/c1-12-2-4-13(5-3-12)22-9-7-18-15(21)10-24-17-16-14(6-8-23-16)19-11-20-17/h2-6,8,11H,7,9-10H2,1H3,(H,18,21). The Balaban J connectivity index is 1.40. The maximum absolute atomic E-state index is 12.0. The Morgan fingerprint density at radius 2 is 2.00 bits per heavy atom. The molecule has 1 amide bonds. The van der Waals surface area contributed by atoms with Gasteiger partial charge in [0.1, 0.15) is 11.4 Å². The Kier molecular flexibility index (Phi) is 6.12. The van der Waals surface area contributed by atoms with E-state index in [2.05, 4.69) is 46.5 Å². The van der Waals surface area contributed by atoms with Gasteiger partial charge in [-0.15, -0.1) is 23.1 Å². The fourth-order valence-corrected chi connectivity index (χ4v) is 4.59. The van der Waals surface area contributed by atoms with Gasteiger partial charge in [-0.1, -0.05) is 29.5 Å². The summed E-state index contributed by atoms with van der Waals surface area (Å²) in [6, 6.07) is 10.4. The average molecular weight is 376 g/mol. The number of benzene rings is 1. The summed E-state index contributed by atoms with van der Waals surface area (Å²) in [5.41, 5.74) is 2.20. The molecule has 3 rings (SSSR count). The second kappa shape index (κ2) is 8.50. The molecule has 2 aromatic heterocycles. The first-order chi connectivity index (χ1) is 11.7. The van der Waals surface area contributed by atoms with E-state index in [1.165, 1.54) is 22.2 Å². The van der Waals surface area contributed by atoms with Gasteiger partial charge in [0.15, 0.2) is 0 Å². The average Bonchev–Trinajstić information content (AvgIpc) is 3.07. The SMILES string of the molecule is Cc1ccc(SCCNC(=O)CSc2ncnc3ccsc23)cc1. The molecule has 0 spiro atoms. The third-order valence-electron chi connectivity index (χ3n) is 3.26. The normalized spacial score (nSPS) is 10.9. The number of aromatic nitrogens is 2. The lowest BCUT2D eigenvalue weighted by molar-refractivity contribution is -0.118. The maximum atomic E-state index is 12.0. The molecule has 0 aliphatic carbocycles. The fourth-order valence-electron chi connectivity index (χ4n) is 2.05. The summed E-state index contributed by atoms with van der Waals surface area (Å²) in [6.07, 6.45) is 1.55. The molecule has 1 aromatic carbocycles. The molecular formula is C17H17N3OS3. The molecule has 124 valence electrons. The van der Waals surface area contributed by atoms with Crippen LogP contribution in [-0.2, 0) is 4.79 Å². The summed E-state index contributed by atoms with van der Waals surface area (Å²) in [7, 11) is 0. The number of rotatable bonds is 7. The van der Waals surface area contributed by atoms with E-state index in [4.69, 9.17) is 0 Å². The van der Waals surface area contributed by atoms with Crippen molar-refractivity contribution in [3.05, 3.63) is 47.6 Å². The van der Waals surface area contributed by atoms with Gasteiger partial charge in [0.25, 0.3) is 0 Å². The zero-order chi connectivity index (χ0) is 16.8. The van der Waals surface area contributed by atoms with Gasteiger partial charge >= 0.3 is 0 Å². The maximum Gasteiger partial charge on any atom is 0.230 e. The van der Waals surface area contributed by atoms with Crippen LogP contribution in [0.1, 0.15) is 5.56 Å². The van der Waals surface area contributed by atoms with E-state index in [9.17, 15) is 4.79 Å². The molecular weight excluding hydrogens is 358 g/mol. The van der Waals surface area contributed by atoms with Crippen molar-refractivity contribution in [1.29, 1.82) is 0 Å². The van der Waals surface area contributed by atoms with Gasteiger partial charge in [0, 0.05) is 17.2 Å². The number of carbonyl (C=O) groups excluding carboxylic acids is 1. The van der Waals surface area contributed by atoms with Crippen LogP contribution in [0.5, 0.6) is 0 Å². The smallest absolute Gasteiger partial charge is 0.230 e. The lowest BCUT2D eigenvalue weighted by atomic mass is 10.2. The van der Waals surface area contributed by atoms with Crippen LogP contribution in [0.2, 0.25) is 0 Å². The quantitative estimate of drug-likeness (QED) is 0.384. The van der Waals surface area contributed by atoms with Crippen molar-refractivity contribution in [2.75, 3.05) is 18.1 Å². The van der Waals surface area contributed by atoms with Gasteiger partial charge in [-0.3, -0.25) is 4.79 Å². The lowest BCUT2D eigenvalue weighted by Gasteiger charge is -2.05. The van der Waals surface area contributed by atoms with Crippen LogP contribution in [0.15, 0.2) is 52.0 Å². The summed E-state index contributed by atoms with van der Waals surface area (Å²) in [5.74, 6) is 1.27. The minimum atomic E-state index is 0.0350. The molecule has 0 unspecified atom stereocenters. The van der Waals surface area contributed by atoms with Crippen LogP contribution >= 0.6 is 34.9 Å². The molecule has 0 aliphatic heterocycles. The van der Waals surface area contributed by atoms with Crippen molar-refractivity contribution >= 4 is 51.0 Å². The van der Waals surface area contributed by atoms with Crippen molar-refractivity contribution in [1.82, 2.24) is 15.3 Å². The first-order valence-electron chi connectivity index (χ1n) is 7.49. The minimum Gasteiger partial charge on any atom is -0.355 e. The number of carbonyl (C=O) groups is 1. The predicted molar refractivity (Wildman–Crippen MR) is 103 cm³/mol. The number of nitrogens with zero attached hydrogens (tertiary/aromatic N) is 2. The summed E-state index contributed by atoms with van der Waals surface area (Å²) in [6.45, 7) is 2.74. The molecule has 0 aliphatic rings. The number of hydrogen-bond donors (Lipinski definition) is 1. The summed E-state index contributed by atoms with van der Waals surface area (Å²) in [5, 5.41) is 5.82. The molecule has 2 heterocycles. The molecule has 0 atom stereocenters. The monoisotopic (exact) mass is 375 g/mol. The molecule has 24 heavy (non-hydrogen) atoms. The van der Waals surface area contributed by atoms with Crippen LogP contribution in [-0.4, -0.2) is 33.9 Å². The summed E-state index contributed by atoms with van der Waals surface area (Å²) < 4.78 is 1.05. The summed E-state index contributed by atoms with van der Waals surface area (Å²) >= 11 is 4.81. The van der Waals surface area contributed by atoms with Crippen molar-refractivity contribution in [3.8, 4) is 0 Å². The number of thiophene rings is 1. The Morgan fingerprint density at radius 3 is 2.83 bits per heavy atom. The minimum absolute atomic E-state index is 0.0350. The lowest BCUT2D eigenvalue weighted by Crippen LogP contribution is -2.27. The Labute approximate surface area is 153 Å².